The normalized spacial score (nSPS) is 15.0. The van der Waals surface area contributed by atoms with Gasteiger partial charge in [0.15, 0.2) is 0 Å². The number of pyridine rings is 1. The van der Waals surface area contributed by atoms with Gasteiger partial charge in [-0.1, -0.05) is 18.2 Å². The first kappa shape index (κ1) is 18.4. The Morgan fingerprint density at radius 1 is 0.964 bits per heavy atom. The summed E-state index contributed by atoms with van der Waals surface area (Å²) in [7, 11) is 0. The molecule has 0 saturated carbocycles. The molecule has 0 aliphatic carbocycles. The van der Waals surface area contributed by atoms with Gasteiger partial charge < -0.3 is 9.47 Å². The maximum Gasteiger partial charge on any atom is 0.255 e. The number of carbonyl (C=O) groups is 1. The molecule has 1 amide bonds. The molecule has 0 atom stereocenters. The molecule has 0 bridgehead atoms. The van der Waals surface area contributed by atoms with Crippen LogP contribution < -0.4 is 0 Å². The van der Waals surface area contributed by atoms with Gasteiger partial charge in [0.05, 0.1) is 5.56 Å². The summed E-state index contributed by atoms with van der Waals surface area (Å²) in [6.45, 7) is 8.32. The topological polar surface area (TPSA) is 41.4 Å². The maximum atomic E-state index is 13.2. The van der Waals surface area contributed by atoms with Crippen LogP contribution in [0.25, 0.3) is 5.69 Å². The third kappa shape index (κ3) is 3.71. The number of benzene rings is 1. The van der Waals surface area contributed by atoms with E-state index in [-0.39, 0.29) is 5.91 Å². The number of para-hydroxylation sites is 1. The summed E-state index contributed by atoms with van der Waals surface area (Å²) < 4.78 is 2.16. The van der Waals surface area contributed by atoms with Crippen molar-refractivity contribution in [3.05, 3.63) is 83.4 Å². The molecule has 3 heterocycles. The van der Waals surface area contributed by atoms with Gasteiger partial charge in [-0.25, -0.2) is 0 Å². The molecule has 1 fully saturated rings. The van der Waals surface area contributed by atoms with Gasteiger partial charge in [-0.3, -0.25) is 14.7 Å². The van der Waals surface area contributed by atoms with Crippen LogP contribution in [0.4, 0.5) is 0 Å². The van der Waals surface area contributed by atoms with E-state index in [0.717, 1.165) is 55.4 Å². The lowest BCUT2D eigenvalue weighted by atomic mass is 10.2. The van der Waals surface area contributed by atoms with E-state index in [9.17, 15) is 4.79 Å². The molecular weight excluding hydrogens is 348 g/mol. The van der Waals surface area contributed by atoms with Crippen molar-refractivity contribution in [1.29, 1.82) is 0 Å². The fourth-order valence-electron chi connectivity index (χ4n) is 3.98. The van der Waals surface area contributed by atoms with Crippen molar-refractivity contribution in [3.63, 3.8) is 0 Å². The number of amides is 1. The van der Waals surface area contributed by atoms with E-state index in [1.54, 1.807) is 0 Å². The summed E-state index contributed by atoms with van der Waals surface area (Å²) in [6.07, 6.45) is 3.66. The first-order chi connectivity index (χ1) is 13.6. The molecule has 5 heteroatoms. The summed E-state index contributed by atoms with van der Waals surface area (Å²) in [5.41, 5.74) is 5.26. The lowest BCUT2D eigenvalue weighted by Gasteiger charge is -2.34. The van der Waals surface area contributed by atoms with Crippen LogP contribution in [0.5, 0.6) is 0 Å². The van der Waals surface area contributed by atoms with E-state index >= 15 is 0 Å². The molecule has 1 aliphatic heterocycles. The van der Waals surface area contributed by atoms with Crippen LogP contribution in [0, 0.1) is 13.8 Å². The minimum Gasteiger partial charge on any atom is -0.336 e. The molecule has 144 valence electrons. The molecule has 4 rings (SSSR count). The molecule has 0 radical (unpaired) electrons. The Balaban J connectivity index is 1.45. The van der Waals surface area contributed by atoms with Crippen molar-refractivity contribution in [1.82, 2.24) is 19.4 Å². The second-order valence-corrected chi connectivity index (χ2v) is 7.38. The van der Waals surface area contributed by atoms with Gasteiger partial charge in [0.25, 0.3) is 5.91 Å². The third-order valence-electron chi connectivity index (χ3n) is 5.49. The number of aromatic nitrogens is 2. The Bertz CT molecular complexity index is 941. The Morgan fingerprint density at radius 2 is 1.64 bits per heavy atom. The first-order valence-corrected chi connectivity index (χ1v) is 9.78. The molecule has 1 saturated heterocycles. The van der Waals surface area contributed by atoms with E-state index in [4.69, 9.17) is 0 Å². The quantitative estimate of drug-likeness (QED) is 0.702. The molecule has 5 nitrogen and oxygen atoms in total. The Labute approximate surface area is 166 Å². The van der Waals surface area contributed by atoms with Gasteiger partial charge in [0.2, 0.25) is 0 Å². The average molecular weight is 374 g/mol. The summed E-state index contributed by atoms with van der Waals surface area (Å²) in [5, 5.41) is 0. The predicted molar refractivity (Wildman–Crippen MR) is 111 cm³/mol. The number of nitrogens with zero attached hydrogens (tertiary/aromatic N) is 4. The molecular formula is C23H26N4O. The Hall–Kier alpha value is -2.92. The minimum atomic E-state index is 0.138. The van der Waals surface area contributed by atoms with E-state index in [2.05, 4.69) is 45.6 Å². The summed E-state index contributed by atoms with van der Waals surface area (Å²) >= 11 is 0. The fraction of sp³-hybridized carbons (Fsp3) is 0.304. The van der Waals surface area contributed by atoms with Crippen LogP contribution >= 0.6 is 0 Å². The largest absolute Gasteiger partial charge is 0.336 e. The van der Waals surface area contributed by atoms with E-state index in [1.807, 2.05) is 48.5 Å². The van der Waals surface area contributed by atoms with Crippen molar-refractivity contribution in [2.75, 3.05) is 26.2 Å². The SMILES string of the molecule is Cc1cc(C(=O)N2CCN(Cc3ccncc3)CC2)c(C)n1-c1ccccc1. The predicted octanol–water partition coefficient (Wildman–Crippen LogP) is 3.45. The Morgan fingerprint density at radius 3 is 2.32 bits per heavy atom. The van der Waals surface area contributed by atoms with E-state index in [0.29, 0.717) is 0 Å². The molecule has 1 aromatic carbocycles. The van der Waals surface area contributed by atoms with Crippen LogP contribution in [0.15, 0.2) is 60.9 Å². The molecule has 1 aliphatic rings. The van der Waals surface area contributed by atoms with Crippen molar-refractivity contribution in [2.24, 2.45) is 0 Å². The van der Waals surface area contributed by atoms with Crippen LogP contribution in [0.1, 0.15) is 27.3 Å². The highest BCUT2D eigenvalue weighted by Gasteiger charge is 2.25. The van der Waals surface area contributed by atoms with Crippen molar-refractivity contribution in [3.8, 4) is 5.69 Å². The number of rotatable bonds is 4. The number of hydrogen-bond acceptors (Lipinski definition) is 3. The standard InChI is InChI=1S/C23H26N4O/c1-18-16-22(19(2)27(18)21-6-4-3-5-7-21)23(28)26-14-12-25(13-15-26)17-20-8-10-24-11-9-20/h3-11,16H,12-15,17H2,1-2H3. The van der Waals surface area contributed by atoms with Gasteiger partial charge in [-0.2, -0.15) is 0 Å². The number of aryl methyl sites for hydroxylation is 1. The number of hydrogen-bond donors (Lipinski definition) is 0. The minimum absolute atomic E-state index is 0.138. The van der Waals surface area contributed by atoms with Crippen LogP contribution in [-0.2, 0) is 6.54 Å². The smallest absolute Gasteiger partial charge is 0.255 e. The van der Waals surface area contributed by atoms with Gasteiger partial charge in [-0.05, 0) is 49.7 Å². The van der Waals surface area contributed by atoms with Crippen molar-refractivity contribution >= 4 is 5.91 Å². The summed E-state index contributed by atoms with van der Waals surface area (Å²) in [4.78, 5) is 21.6. The number of carbonyl (C=O) groups excluding carboxylic acids is 1. The summed E-state index contributed by atoms with van der Waals surface area (Å²) in [6, 6.07) is 16.3. The highest BCUT2D eigenvalue weighted by molar-refractivity contribution is 5.96. The zero-order valence-electron chi connectivity index (χ0n) is 16.5. The lowest BCUT2D eigenvalue weighted by molar-refractivity contribution is 0.0628. The summed E-state index contributed by atoms with van der Waals surface area (Å²) in [5.74, 6) is 0.138. The molecule has 0 N–H and O–H groups in total. The highest BCUT2D eigenvalue weighted by atomic mass is 16.2. The second-order valence-electron chi connectivity index (χ2n) is 7.38. The maximum absolute atomic E-state index is 13.2. The molecule has 28 heavy (non-hydrogen) atoms. The molecule has 0 unspecified atom stereocenters. The molecule has 3 aromatic rings. The van der Waals surface area contributed by atoms with Gasteiger partial charge in [0.1, 0.15) is 0 Å². The van der Waals surface area contributed by atoms with Crippen molar-refractivity contribution < 1.29 is 4.79 Å². The van der Waals surface area contributed by atoms with Gasteiger partial charge >= 0.3 is 0 Å². The average Bonchev–Trinajstić information content (AvgIpc) is 3.03. The highest BCUT2D eigenvalue weighted by Crippen LogP contribution is 2.22. The molecule has 0 spiro atoms. The molecule has 2 aromatic heterocycles. The van der Waals surface area contributed by atoms with E-state index < -0.39 is 0 Å². The second kappa shape index (κ2) is 7.98. The monoisotopic (exact) mass is 374 g/mol. The van der Waals surface area contributed by atoms with Crippen LogP contribution in [0.3, 0.4) is 0 Å². The van der Waals surface area contributed by atoms with Crippen molar-refractivity contribution in [2.45, 2.75) is 20.4 Å². The first-order valence-electron chi connectivity index (χ1n) is 9.78. The Kier molecular flexibility index (Phi) is 5.26. The number of piperazine rings is 1. The lowest BCUT2D eigenvalue weighted by Crippen LogP contribution is -2.48. The van der Waals surface area contributed by atoms with Crippen LogP contribution in [-0.4, -0.2) is 51.4 Å². The van der Waals surface area contributed by atoms with Crippen LogP contribution in [0.2, 0.25) is 0 Å². The van der Waals surface area contributed by atoms with Gasteiger partial charge in [-0.15, -0.1) is 0 Å². The van der Waals surface area contributed by atoms with Gasteiger partial charge in [0, 0.05) is 62.2 Å². The van der Waals surface area contributed by atoms with E-state index in [1.165, 1.54) is 5.56 Å². The fourth-order valence-corrected chi connectivity index (χ4v) is 3.98. The third-order valence-corrected chi connectivity index (χ3v) is 5.49. The zero-order valence-corrected chi connectivity index (χ0v) is 16.5. The zero-order chi connectivity index (χ0) is 19.5.